The highest BCUT2D eigenvalue weighted by atomic mass is 32.1. The first-order chi connectivity index (χ1) is 11.6. The van der Waals surface area contributed by atoms with E-state index in [0.717, 1.165) is 16.0 Å². The van der Waals surface area contributed by atoms with E-state index >= 15 is 0 Å². The molecule has 4 nitrogen and oxygen atoms in total. The van der Waals surface area contributed by atoms with Crippen LogP contribution in [0.25, 0.3) is 11.1 Å². The molecule has 1 aliphatic rings. The highest BCUT2D eigenvalue weighted by molar-refractivity contribution is 7.15. The number of carboxylic acid groups (broad SMARTS) is 1. The standard InChI is InChI=1S/C18H13NO3S2/c20-13-8-12(11-6-7-23-9-11)16-15(19-13)14(17(24-16)18(21)22)10-4-2-1-3-5-10/h1-7,9,12H,8H2,(H,19,20)(H,21,22)/t12-/m1/s1. The second-order valence-corrected chi connectivity index (χ2v) is 7.41. The lowest BCUT2D eigenvalue weighted by atomic mass is 9.90. The van der Waals surface area contributed by atoms with Gasteiger partial charge < -0.3 is 10.4 Å². The normalized spacial score (nSPS) is 16.5. The van der Waals surface area contributed by atoms with Crippen LogP contribution in [-0.4, -0.2) is 17.0 Å². The Hall–Kier alpha value is -2.44. The number of nitrogens with one attached hydrogen (secondary N) is 1. The Morgan fingerprint density at radius 3 is 2.67 bits per heavy atom. The molecule has 1 atom stereocenters. The van der Waals surface area contributed by atoms with Gasteiger partial charge in [0, 0.05) is 22.8 Å². The molecule has 0 saturated heterocycles. The molecule has 0 radical (unpaired) electrons. The van der Waals surface area contributed by atoms with Crippen LogP contribution >= 0.6 is 22.7 Å². The summed E-state index contributed by atoms with van der Waals surface area (Å²) in [5, 5.41) is 16.6. The second kappa shape index (κ2) is 5.89. The summed E-state index contributed by atoms with van der Waals surface area (Å²) >= 11 is 2.84. The Morgan fingerprint density at radius 1 is 1.21 bits per heavy atom. The number of anilines is 1. The van der Waals surface area contributed by atoms with Crippen LogP contribution in [0.5, 0.6) is 0 Å². The predicted molar refractivity (Wildman–Crippen MR) is 96.1 cm³/mol. The fourth-order valence-corrected chi connectivity index (χ4v) is 5.02. The van der Waals surface area contributed by atoms with Gasteiger partial charge in [0.15, 0.2) is 0 Å². The molecule has 0 saturated carbocycles. The maximum absolute atomic E-state index is 12.2. The summed E-state index contributed by atoms with van der Waals surface area (Å²) in [7, 11) is 0. The van der Waals surface area contributed by atoms with Gasteiger partial charge in [0.1, 0.15) is 4.88 Å². The number of hydrogen-bond acceptors (Lipinski definition) is 4. The summed E-state index contributed by atoms with van der Waals surface area (Å²) < 4.78 is 0. The maximum atomic E-state index is 12.2. The van der Waals surface area contributed by atoms with Crippen LogP contribution in [0.2, 0.25) is 0 Å². The molecule has 24 heavy (non-hydrogen) atoms. The van der Waals surface area contributed by atoms with Crippen LogP contribution in [0.4, 0.5) is 5.69 Å². The summed E-state index contributed by atoms with van der Waals surface area (Å²) in [6.45, 7) is 0. The van der Waals surface area contributed by atoms with Gasteiger partial charge in [0.05, 0.1) is 5.69 Å². The molecular formula is C18H13NO3S2. The van der Waals surface area contributed by atoms with E-state index in [0.29, 0.717) is 17.7 Å². The van der Waals surface area contributed by atoms with E-state index in [-0.39, 0.29) is 16.7 Å². The van der Waals surface area contributed by atoms with Gasteiger partial charge in [-0.3, -0.25) is 4.79 Å². The smallest absolute Gasteiger partial charge is 0.346 e. The van der Waals surface area contributed by atoms with E-state index in [1.807, 2.05) is 47.2 Å². The molecule has 4 rings (SSSR count). The summed E-state index contributed by atoms with van der Waals surface area (Å²) in [6.07, 6.45) is 0.345. The summed E-state index contributed by atoms with van der Waals surface area (Å²) in [6, 6.07) is 11.4. The van der Waals surface area contributed by atoms with E-state index in [1.165, 1.54) is 11.3 Å². The van der Waals surface area contributed by atoms with Crippen molar-refractivity contribution in [1.29, 1.82) is 0 Å². The quantitative estimate of drug-likeness (QED) is 0.719. The van der Waals surface area contributed by atoms with Gasteiger partial charge in [0.2, 0.25) is 5.91 Å². The lowest BCUT2D eigenvalue weighted by molar-refractivity contribution is -0.116. The number of carbonyl (C=O) groups is 2. The number of fused-ring (bicyclic) bond motifs is 1. The van der Waals surface area contributed by atoms with Gasteiger partial charge >= 0.3 is 5.97 Å². The largest absolute Gasteiger partial charge is 0.477 e. The fraction of sp³-hybridized carbons (Fsp3) is 0.111. The third-order valence-electron chi connectivity index (χ3n) is 4.11. The summed E-state index contributed by atoms with van der Waals surface area (Å²) in [5.41, 5.74) is 3.12. The van der Waals surface area contributed by atoms with E-state index < -0.39 is 5.97 Å². The number of carbonyl (C=O) groups excluding carboxylic acids is 1. The Morgan fingerprint density at radius 2 is 2.00 bits per heavy atom. The van der Waals surface area contributed by atoms with Crippen molar-refractivity contribution in [3.63, 3.8) is 0 Å². The van der Waals surface area contributed by atoms with Gasteiger partial charge in [-0.15, -0.1) is 11.3 Å². The molecule has 1 aliphatic heterocycles. The first-order valence-electron chi connectivity index (χ1n) is 7.42. The lowest BCUT2D eigenvalue weighted by Gasteiger charge is -2.22. The van der Waals surface area contributed by atoms with Gasteiger partial charge in [-0.25, -0.2) is 4.79 Å². The van der Waals surface area contributed by atoms with Crippen LogP contribution < -0.4 is 5.32 Å². The van der Waals surface area contributed by atoms with E-state index in [9.17, 15) is 14.7 Å². The van der Waals surface area contributed by atoms with Crippen molar-refractivity contribution in [2.24, 2.45) is 0 Å². The number of hydrogen-bond donors (Lipinski definition) is 2. The van der Waals surface area contributed by atoms with Crippen LogP contribution in [0.3, 0.4) is 0 Å². The molecule has 0 bridgehead atoms. The minimum atomic E-state index is -0.966. The Kier molecular flexibility index (Phi) is 3.70. The highest BCUT2D eigenvalue weighted by Crippen LogP contribution is 2.49. The predicted octanol–water partition coefficient (Wildman–Crippen LogP) is 4.65. The van der Waals surface area contributed by atoms with Crippen LogP contribution in [0.15, 0.2) is 47.2 Å². The van der Waals surface area contributed by atoms with Crippen molar-refractivity contribution < 1.29 is 14.7 Å². The maximum Gasteiger partial charge on any atom is 0.346 e. The minimum Gasteiger partial charge on any atom is -0.477 e. The number of aromatic carboxylic acids is 1. The molecule has 0 fully saturated rings. The van der Waals surface area contributed by atoms with Crippen molar-refractivity contribution in [3.8, 4) is 11.1 Å². The highest BCUT2D eigenvalue weighted by Gasteiger charge is 2.34. The first kappa shape index (κ1) is 15.1. The van der Waals surface area contributed by atoms with Gasteiger partial charge in [-0.05, 0) is 28.0 Å². The van der Waals surface area contributed by atoms with Crippen molar-refractivity contribution >= 4 is 40.2 Å². The summed E-state index contributed by atoms with van der Waals surface area (Å²) in [5.74, 6) is -1.13. The zero-order chi connectivity index (χ0) is 16.7. The van der Waals surface area contributed by atoms with E-state index in [1.54, 1.807) is 11.3 Å². The molecule has 2 aromatic heterocycles. The number of carboxylic acids is 1. The molecule has 0 unspecified atom stereocenters. The number of rotatable bonds is 3. The topological polar surface area (TPSA) is 66.4 Å². The molecule has 0 aliphatic carbocycles. The van der Waals surface area contributed by atoms with Crippen LogP contribution in [-0.2, 0) is 4.79 Å². The third-order valence-corrected chi connectivity index (χ3v) is 6.10. The molecule has 3 aromatic rings. The Labute approximate surface area is 146 Å². The third kappa shape index (κ3) is 2.44. The number of thiophene rings is 2. The zero-order valence-electron chi connectivity index (χ0n) is 12.5. The number of benzene rings is 1. The summed E-state index contributed by atoms with van der Waals surface area (Å²) in [4.78, 5) is 25.2. The van der Waals surface area contributed by atoms with Crippen molar-refractivity contribution in [2.45, 2.75) is 12.3 Å². The Balaban J connectivity index is 1.96. The molecule has 6 heteroatoms. The molecule has 1 aromatic carbocycles. The molecule has 0 spiro atoms. The molecule has 120 valence electrons. The average molecular weight is 355 g/mol. The second-order valence-electron chi connectivity index (χ2n) is 5.58. The zero-order valence-corrected chi connectivity index (χ0v) is 14.1. The van der Waals surface area contributed by atoms with Gasteiger partial charge in [-0.2, -0.15) is 11.3 Å². The molecule has 2 N–H and O–H groups in total. The SMILES string of the molecule is O=C1C[C@H](c2ccsc2)c2sc(C(=O)O)c(-c3ccccc3)c2N1. The average Bonchev–Trinajstić information content (AvgIpc) is 3.22. The van der Waals surface area contributed by atoms with Gasteiger partial charge in [-0.1, -0.05) is 30.3 Å². The first-order valence-corrected chi connectivity index (χ1v) is 9.18. The van der Waals surface area contributed by atoms with Crippen LogP contribution in [0.1, 0.15) is 32.5 Å². The van der Waals surface area contributed by atoms with E-state index in [4.69, 9.17) is 0 Å². The Bertz CT molecular complexity index is 913. The minimum absolute atomic E-state index is 0.0781. The van der Waals surface area contributed by atoms with E-state index in [2.05, 4.69) is 5.32 Å². The van der Waals surface area contributed by atoms with Gasteiger partial charge in [0.25, 0.3) is 0 Å². The van der Waals surface area contributed by atoms with Crippen LogP contribution in [0, 0.1) is 0 Å². The molecule has 3 heterocycles. The van der Waals surface area contributed by atoms with Crippen molar-refractivity contribution in [3.05, 3.63) is 62.5 Å². The van der Waals surface area contributed by atoms with Crippen molar-refractivity contribution in [2.75, 3.05) is 5.32 Å². The van der Waals surface area contributed by atoms with Crippen molar-refractivity contribution in [1.82, 2.24) is 0 Å². The molecule has 1 amide bonds. The lowest BCUT2D eigenvalue weighted by Crippen LogP contribution is -2.22. The number of amides is 1. The molecular weight excluding hydrogens is 342 g/mol. The monoisotopic (exact) mass is 355 g/mol. The fourth-order valence-electron chi connectivity index (χ4n) is 3.06.